The van der Waals surface area contributed by atoms with Crippen LogP contribution in [0.25, 0.3) is 0 Å². The van der Waals surface area contributed by atoms with Gasteiger partial charge < -0.3 is 19.9 Å². The lowest BCUT2D eigenvalue weighted by molar-refractivity contribution is -0.906. The van der Waals surface area contributed by atoms with Crippen LogP contribution in [-0.4, -0.2) is 69.4 Å². The molecule has 2 aromatic rings. The van der Waals surface area contributed by atoms with Crippen molar-refractivity contribution < 1.29 is 14.4 Å². The van der Waals surface area contributed by atoms with Gasteiger partial charge in [-0.05, 0) is 31.5 Å². The van der Waals surface area contributed by atoms with E-state index in [1.54, 1.807) is 11.8 Å². The number of hydrogen-bond acceptors (Lipinski definition) is 6. The summed E-state index contributed by atoms with van der Waals surface area (Å²) >= 11 is 1.61. The van der Waals surface area contributed by atoms with E-state index in [0.29, 0.717) is 12.1 Å². The Morgan fingerprint density at radius 3 is 2.53 bits per heavy atom. The Bertz CT molecular complexity index is 851. The summed E-state index contributed by atoms with van der Waals surface area (Å²) < 4.78 is 5.36. The number of ether oxygens (including phenoxy) is 1. The summed E-state index contributed by atoms with van der Waals surface area (Å²) in [5, 5.41) is 3.79. The zero-order valence-corrected chi connectivity index (χ0v) is 19.1. The number of nitrogens with zero attached hydrogens (tertiary/aromatic N) is 3. The minimum atomic E-state index is -0.0185. The number of thioether (sulfide) groups is 1. The smallest absolute Gasteiger partial charge is 0.251 e. The number of carbonyl (C=O) groups excluding carboxylic acids is 1. The van der Waals surface area contributed by atoms with Crippen LogP contribution in [0.4, 0.5) is 5.82 Å². The first-order valence-electron chi connectivity index (χ1n) is 10.4. The number of anilines is 1. The van der Waals surface area contributed by atoms with Gasteiger partial charge >= 0.3 is 0 Å². The molecule has 0 atom stereocenters. The van der Waals surface area contributed by atoms with Crippen LogP contribution in [0.15, 0.2) is 29.4 Å². The van der Waals surface area contributed by atoms with Gasteiger partial charge in [0.15, 0.2) is 5.16 Å². The SMILES string of the molecule is Cc1nc(SCc2ccc(C(=O)NCC[NH+]3CCOCC3)cc2)nc(N(C)C)c1C. The number of carbonyl (C=O) groups is 1. The molecule has 1 saturated heterocycles. The third-order valence-electron chi connectivity index (χ3n) is 5.31. The van der Waals surface area contributed by atoms with Gasteiger partial charge in [0.05, 0.1) is 26.3 Å². The third-order valence-corrected chi connectivity index (χ3v) is 6.23. The Morgan fingerprint density at radius 2 is 1.87 bits per heavy atom. The van der Waals surface area contributed by atoms with Gasteiger partial charge in [0.2, 0.25) is 0 Å². The Balaban J connectivity index is 1.50. The van der Waals surface area contributed by atoms with Crippen molar-refractivity contribution in [2.24, 2.45) is 0 Å². The van der Waals surface area contributed by atoms with E-state index in [1.807, 2.05) is 57.1 Å². The molecule has 2 heterocycles. The second-order valence-corrected chi connectivity index (χ2v) is 8.73. The number of nitrogens with one attached hydrogen (secondary N) is 2. The van der Waals surface area contributed by atoms with Crippen molar-refractivity contribution in [3.8, 4) is 0 Å². The first-order valence-corrected chi connectivity index (χ1v) is 11.4. The number of hydrogen-bond donors (Lipinski definition) is 2. The van der Waals surface area contributed by atoms with Crippen LogP contribution in [0.3, 0.4) is 0 Å². The van der Waals surface area contributed by atoms with Crippen molar-refractivity contribution in [2.75, 3.05) is 58.4 Å². The van der Waals surface area contributed by atoms with Crippen LogP contribution in [0.1, 0.15) is 27.2 Å². The molecule has 0 bridgehead atoms. The summed E-state index contributed by atoms with van der Waals surface area (Å²) in [6.45, 7) is 9.34. The highest BCUT2D eigenvalue weighted by atomic mass is 32.2. The number of rotatable bonds is 8. The molecule has 0 radical (unpaired) electrons. The molecule has 1 amide bonds. The summed E-state index contributed by atoms with van der Waals surface area (Å²) in [5.41, 5.74) is 3.94. The highest BCUT2D eigenvalue weighted by Crippen LogP contribution is 2.25. The van der Waals surface area contributed by atoms with Gasteiger partial charge in [0, 0.05) is 36.7 Å². The van der Waals surface area contributed by atoms with Crippen molar-refractivity contribution in [3.63, 3.8) is 0 Å². The zero-order chi connectivity index (χ0) is 21.5. The topological polar surface area (TPSA) is 71.8 Å². The maximum absolute atomic E-state index is 12.4. The normalized spacial score (nSPS) is 14.5. The first kappa shape index (κ1) is 22.5. The number of benzene rings is 1. The second-order valence-electron chi connectivity index (χ2n) is 7.79. The maximum atomic E-state index is 12.4. The third kappa shape index (κ3) is 6.17. The Morgan fingerprint density at radius 1 is 1.17 bits per heavy atom. The summed E-state index contributed by atoms with van der Waals surface area (Å²) in [7, 11) is 3.99. The van der Waals surface area contributed by atoms with Crippen LogP contribution in [0, 0.1) is 13.8 Å². The molecule has 30 heavy (non-hydrogen) atoms. The molecule has 1 fully saturated rings. The number of aromatic nitrogens is 2. The van der Waals surface area contributed by atoms with Crippen LogP contribution < -0.4 is 15.1 Å². The number of aryl methyl sites for hydroxylation is 1. The standard InChI is InChI=1S/C22H31N5O2S/c1-16-17(2)24-22(25-20(16)26(3)4)30-15-18-5-7-19(8-6-18)21(28)23-9-10-27-11-13-29-14-12-27/h5-8H,9-15H2,1-4H3,(H,23,28)/p+1. The van der Waals surface area contributed by atoms with E-state index < -0.39 is 0 Å². The van der Waals surface area contributed by atoms with E-state index in [4.69, 9.17) is 4.74 Å². The van der Waals surface area contributed by atoms with Crippen molar-refractivity contribution in [2.45, 2.75) is 24.8 Å². The highest BCUT2D eigenvalue weighted by molar-refractivity contribution is 7.98. The van der Waals surface area contributed by atoms with E-state index in [9.17, 15) is 4.79 Å². The molecule has 7 nitrogen and oxygen atoms in total. The van der Waals surface area contributed by atoms with E-state index in [0.717, 1.165) is 66.4 Å². The largest absolute Gasteiger partial charge is 0.370 e. The quantitative estimate of drug-likeness (QED) is 0.483. The van der Waals surface area contributed by atoms with Crippen LogP contribution >= 0.6 is 11.8 Å². The Kier molecular flexibility index (Phi) is 8.07. The number of amides is 1. The fraction of sp³-hybridized carbons (Fsp3) is 0.500. The molecular weight excluding hydrogens is 398 g/mol. The van der Waals surface area contributed by atoms with E-state index in [1.165, 1.54) is 4.90 Å². The predicted octanol–water partition coefficient (Wildman–Crippen LogP) is 1.10. The van der Waals surface area contributed by atoms with E-state index >= 15 is 0 Å². The first-order chi connectivity index (χ1) is 14.4. The lowest BCUT2D eigenvalue weighted by atomic mass is 10.1. The summed E-state index contributed by atoms with van der Waals surface area (Å²) in [6.07, 6.45) is 0. The van der Waals surface area contributed by atoms with Crippen molar-refractivity contribution >= 4 is 23.5 Å². The van der Waals surface area contributed by atoms with Gasteiger partial charge in [-0.3, -0.25) is 4.79 Å². The van der Waals surface area contributed by atoms with Gasteiger partial charge in [-0.25, -0.2) is 9.97 Å². The van der Waals surface area contributed by atoms with Crippen LogP contribution in [0.5, 0.6) is 0 Å². The number of morpholine rings is 1. The van der Waals surface area contributed by atoms with E-state index in [2.05, 4.69) is 15.3 Å². The lowest BCUT2D eigenvalue weighted by Crippen LogP contribution is -3.14. The minimum Gasteiger partial charge on any atom is -0.370 e. The maximum Gasteiger partial charge on any atom is 0.251 e. The van der Waals surface area contributed by atoms with Crippen LogP contribution in [-0.2, 0) is 10.5 Å². The average Bonchev–Trinajstić information content (AvgIpc) is 2.75. The highest BCUT2D eigenvalue weighted by Gasteiger charge is 2.14. The molecule has 0 aliphatic carbocycles. The molecular formula is C22H32N5O2S+. The molecule has 0 spiro atoms. The molecule has 162 valence electrons. The van der Waals surface area contributed by atoms with Gasteiger partial charge in [-0.1, -0.05) is 23.9 Å². The molecule has 8 heteroatoms. The molecule has 1 aliphatic heterocycles. The molecule has 1 aliphatic rings. The molecule has 2 N–H and O–H groups in total. The second kappa shape index (κ2) is 10.7. The fourth-order valence-electron chi connectivity index (χ4n) is 3.35. The van der Waals surface area contributed by atoms with Gasteiger partial charge in [-0.2, -0.15) is 0 Å². The van der Waals surface area contributed by atoms with Gasteiger partial charge in [-0.15, -0.1) is 0 Å². The van der Waals surface area contributed by atoms with E-state index in [-0.39, 0.29) is 5.91 Å². The zero-order valence-electron chi connectivity index (χ0n) is 18.3. The van der Waals surface area contributed by atoms with Gasteiger partial charge in [0.1, 0.15) is 18.9 Å². The van der Waals surface area contributed by atoms with Crippen molar-refractivity contribution in [1.82, 2.24) is 15.3 Å². The summed E-state index contributed by atoms with van der Waals surface area (Å²) in [6, 6.07) is 7.78. The summed E-state index contributed by atoms with van der Waals surface area (Å²) in [4.78, 5) is 25.1. The molecule has 1 aromatic heterocycles. The minimum absolute atomic E-state index is 0.0185. The average molecular weight is 431 g/mol. The predicted molar refractivity (Wildman–Crippen MR) is 121 cm³/mol. The summed E-state index contributed by atoms with van der Waals surface area (Å²) in [5.74, 6) is 1.70. The van der Waals surface area contributed by atoms with Gasteiger partial charge in [0.25, 0.3) is 5.91 Å². The molecule has 0 saturated carbocycles. The monoisotopic (exact) mass is 430 g/mol. The lowest BCUT2D eigenvalue weighted by Gasteiger charge is -2.23. The fourth-order valence-corrected chi connectivity index (χ4v) is 4.19. The van der Waals surface area contributed by atoms with Crippen LogP contribution in [0.2, 0.25) is 0 Å². The van der Waals surface area contributed by atoms with Crippen molar-refractivity contribution in [1.29, 1.82) is 0 Å². The Hall–Kier alpha value is -2.16. The molecule has 0 unspecified atom stereocenters. The molecule has 1 aromatic carbocycles. The van der Waals surface area contributed by atoms with Crippen molar-refractivity contribution in [3.05, 3.63) is 46.6 Å². The Labute approximate surface area is 183 Å². The molecule has 3 rings (SSSR count). The number of quaternary nitrogens is 1.